The monoisotopic (exact) mass is 406 g/mol. The molecule has 3 rings (SSSR count). The van der Waals surface area contributed by atoms with Gasteiger partial charge in [0.2, 0.25) is 0 Å². The van der Waals surface area contributed by atoms with Gasteiger partial charge in [-0.3, -0.25) is 4.79 Å². The number of carbonyl (C=O) groups excluding carboxylic acids is 2. The minimum atomic E-state index is -0.567. The molecule has 1 aromatic rings. The van der Waals surface area contributed by atoms with Gasteiger partial charge in [-0.05, 0) is 70.7 Å². The van der Waals surface area contributed by atoms with Crippen LogP contribution in [0.3, 0.4) is 0 Å². The molecule has 2 amide bonds. The summed E-state index contributed by atoms with van der Waals surface area (Å²) in [5.41, 5.74) is 0.189. The highest BCUT2D eigenvalue weighted by Gasteiger charge is 2.43. The molecule has 1 aromatic carbocycles. The normalized spacial score (nSPS) is 18.1. The first kappa shape index (κ1) is 20.5. The van der Waals surface area contributed by atoms with Gasteiger partial charge in [0, 0.05) is 17.1 Å². The number of hydrogen-bond acceptors (Lipinski definition) is 4. The van der Waals surface area contributed by atoms with Gasteiger partial charge in [-0.2, -0.15) is 0 Å². The fourth-order valence-electron chi connectivity index (χ4n) is 3.20. The molecule has 7 heteroatoms. The first-order valence-corrected chi connectivity index (χ1v) is 9.86. The van der Waals surface area contributed by atoms with Crippen molar-refractivity contribution in [2.75, 3.05) is 13.2 Å². The summed E-state index contributed by atoms with van der Waals surface area (Å²) >= 11 is 6.04. The van der Waals surface area contributed by atoms with E-state index in [2.05, 4.69) is 10.6 Å². The van der Waals surface area contributed by atoms with E-state index in [0.717, 1.165) is 18.4 Å². The zero-order valence-corrected chi connectivity index (χ0v) is 17.5. The summed E-state index contributed by atoms with van der Waals surface area (Å²) in [6.07, 6.45) is 3.34. The molecule has 0 radical (unpaired) electrons. The van der Waals surface area contributed by atoms with Crippen molar-refractivity contribution in [2.24, 2.45) is 5.92 Å². The molecule has 1 saturated carbocycles. The number of amides is 2. The predicted molar refractivity (Wildman–Crippen MR) is 108 cm³/mol. The van der Waals surface area contributed by atoms with Gasteiger partial charge in [-0.25, -0.2) is 4.79 Å². The lowest BCUT2D eigenvalue weighted by Gasteiger charge is -2.32. The second kappa shape index (κ2) is 7.66. The van der Waals surface area contributed by atoms with Gasteiger partial charge in [0.05, 0.1) is 11.1 Å². The second-order valence-corrected chi connectivity index (χ2v) is 9.08. The molecule has 0 saturated heterocycles. The van der Waals surface area contributed by atoms with Gasteiger partial charge in [-0.15, -0.1) is 0 Å². The van der Waals surface area contributed by atoms with Crippen LogP contribution in [0.2, 0.25) is 5.02 Å². The number of carbonyl (C=O) groups is 2. The smallest absolute Gasteiger partial charge is 0.407 e. The predicted octanol–water partition coefficient (Wildman–Crippen LogP) is 3.93. The minimum Gasteiger partial charge on any atom is -0.488 e. The van der Waals surface area contributed by atoms with Crippen LogP contribution in [0, 0.1) is 5.92 Å². The Bertz CT molecular complexity index is 811. The number of ether oxygens (including phenoxy) is 2. The van der Waals surface area contributed by atoms with Crippen LogP contribution in [0.1, 0.15) is 46.1 Å². The van der Waals surface area contributed by atoms with Crippen molar-refractivity contribution >= 4 is 29.7 Å². The fourth-order valence-corrected chi connectivity index (χ4v) is 3.38. The number of benzene rings is 1. The fraction of sp³-hybridized carbons (Fsp3) is 0.524. The van der Waals surface area contributed by atoms with Crippen LogP contribution in [0.15, 0.2) is 23.8 Å². The van der Waals surface area contributed by atoms with E-state index in [1.165, 1.54) is 0 Å². The molecular weight excluding hydrogens is 380 g/mol. The summed E-state index contributed by atoms with van der Waals surface area (Å²) in [6, 6.07) is 5.32. The highest BCUT2D eigenvalue weighted by atomic mass is 35.5. The summed E-state index contributed by atoms with van der Waals surface area (Å²) in [5.74, 6) is 0.821. The molecule has 1 aliphatic heterocycles. The third kappa shape index (κ3) is 5.19. The Labute approximate surface area is 170 Å². The molecule has 1 atom stereocenters. The molecule has 152 valence electrons. The Morgan fingerprint density at radius 1 is 1.25 bits per heavy atom. The Hall–Kier alpha value is -2.21. The molecule has 2 aliphatic rings. The van der Waals surface area contributed by atoms with Crippen LogP contribution in [0.25, 0.3) is 6.08 Å². The number of alkyl carbamates (subject to hydrolysis) is 1. The third-order valence-electron chi connectivity index (χ3n) is 4.85. The molecule has 1 fully saturated rings. The lowest BCUT2D eigenvalue weighted by atomic mass is 9.94. The number of hydrogen-bond donors (Lipinski definition) is 2. The Morgan fingerprint density at radius 3 is 2.61 bits per heavy atom. The van der Waals surface area contributed by atoms with E-state index in [9.17, 15) is 9.59 Å². The number of fused-ring (bicyclic) bond motifs is 1. The van der Waals surface area contributed by atoms with Crippen LogP contribution in [0.5, 0.6) is 5.75 Å². The van der Waals surface area contributed by atoms with E-state index < -0.39 is 17.2 Å². The average molecular weight is 407 g/mol. The van der Waals surface area contributed by atoms with Crippen LogP contribution in [0.4, 0.5) is 4.79 Å². The lowest BCUT2D eigenvalue weighted by Crippen LogP contribution is -2.56. The van der Waals surface area contributed by atoms with E-state index in [1.54, 1.807) is 24.3 Å². The summed E-state index contributed by atoms with van der Waals surface area (Å²) in [7, 11) is 0. The molecule has 2 N–H and O–H groups in total. The SMILES string of the molecule is CC(C)(C)OC(=O)NCC(C)(NC(=O)C1=Cc2cc(Cl)ccc2OC1)C1CC1. The van der Waals surface area contributed by atoms with Gasteiger partial charge < -0.3 is 20.1 Å². The van der Waals surface area contributed by atoms with Crippen LogP contribution in [-0.4, -0.2) is 36.3 Å². The van der Waals surface area contributed by atoms with Gasteiger partial charge in [-0.1, -0.05) is 11.6 Å². The van der Waals surface area contributed by atoms with Crippen LogP contribution in [-0.2, 0) is 9.53 Å². The third-order valence-corrected chi connectivity index (χ3v) is 5.09. The number of halogens is 1. The maximum atomic E-state index is 12.9. The first-order chi connectivity index (χ1) is 13.1. The molecular formula is C21H27ClN2O4. The van der Waals surface area contributed by atoms with Crippen molar-refractivity contribution < 1.29 is 19.1 Å². The molecule has 6 nitrogen and oxygen atoms in total. The van der Waals surface area contributed by atoms with E-state index in [-0.39, 0.29) is 12.5 Å². The van der Waals surface area contributed by atoms with Gasteiger partial charge in [0.15, 0.2) is 0 Å². The Kier molecular flexibility index (Phi) is 5.62. The quantitative estimate of drug-likeness (QED) is 0.776. The average Bonchev–Trinajstić information content (AvgIpc) is 3.43. The molecule has 1 heterocycles. The molecule has 1 unspecified atom stereocenters. The van der Waals surface area contributed by atoms with E-state index in [4.69, 9.17) is 21.1 Å². The van der Waals surface area contributed by atoms with Crippen LogP contribution < -0.4 is 15.4 Å². The van der Waals surface area contributed by atoms with Gasteiger partial charge >= 0.3 is 6.09 Å². The maximum Gasteiger partial charge on any atom is 0.407 e. The largest absolute Gasteiger partial charge is 0.488 e. The summed E-state index contributed by atoms with van der Waals surface area (Å²) < 4.78 is 11.0. The van der Waals surface area contributed by atoms with E-state index in [0.29, 0.717) is 28.8 Å². The summed E-state index contributed by atoms with van der Waals surface area (Å²) in [6.45, 7) is 7.89. The summed E-state index contributed by atoms with van der Waals surface area (Å²) in [5, 5.41) is 6.47. The molecule has 1 aliphatic carbocycles. The minimum absolute atomic E-state index is 0.195. The van der Waals surface area contributed by atoms with Crippen LogP contribution >= 0.6 is 11.6 Å². The zero-order chi connectivity index (χ0) is 20.5. The molecule has 0 spiro atoms. The van der Waals surface area contributed by atoms with Crippen molar-refractivity contribution in [1.29, 1.82) is 0 Å². The van der Waals surface area contributed by atoms with Crippen molar-refractivity contribution in [1.82, 2.24) is 10.6 Å². The van der Waals surface area contributed by atoms with Crippen molar-refractivity contribution in [3.63, 3.8) is 0 Å². The Morgan fingerprint density at radius 2 is 1.96 bits per heavy atom. The van der Waals surface area contributed by atoms with Crippen molar-refractivity contribution in [2.45, 2.75) is 51.7 Å². The van der Waals surface area contributed by atoms with E-state index in [1.807, 2.05) is 27.7 Å². The topological polar surface area (TPSA) is 76.7 Å². The standard InChI is InChI=1S/C21H27ClN2O4/c1-20(2,3)28-19(26)23-12-21(4,15-5-6-15)24-18(25)14-9-13-10-16(22)7-8-17(13)27-11-14/h7-10,15H,5-6,11-12H2,1-4H3,(H,23,26)(H,24,25). The maximum absolute atomic E-state index is 12.9. The van der Waals surface area contributed by atoms with E-state index >= 15 is 0 Å². The highest BCUT2D eigenvalue weighted by molar-refractivity contribution is 6.30. The summed E-state index contributed by atoms with van der Waals surface area (Å²) in [4.78, 5) is 24.9. The Balaban J connectivity index is 1.67. The molecule has 28 heavy (non-hydrogen) atoms. The van der Waals surface area contributed by atoms with Crippen molar-refractivity contribution in [3.8, 4) is 5.75 Å². The second-order valence-electron chi connectivity index (χ2n) is 8.64. The highest BCUT2D eigenvalue weighted by Crippen LogP contribution is 2.39. The first-order valence-electron chi connectivity index (χ1n) is 9.48. The van der Waals surface area contributed by atoms with Gasteiger partial charge in [0.1, 0.15) is 18.0 Å². The van der Waals surface area contributed by atoms with Gasteiger partial charge in [0.25, 0.3) is 5.91 Å². The molecule has 0 aromatic heterocycles. The number of nitrogens with one attached hydrogen (secondary N) is 2. The number of rotatable bonds is 5. The van der Waals surface area contributed by atoms with Crippen molar-refractivity contribution in [3.05, 3.63) is 34.4 Å². The lowest BCUT2D eigenvalue weighted by molar-refractivity contribution is -0.119. The zero-order valence-electron chi connectivity index (χ0n) is 16.7. The molecule has 0 bridgehead atoms.